The number of ether oxygens (including phenoxy) is 2. The van der Waals surface area contributed by atoms with E-state index in [1.807, 2.05) is 12.1 Å². The van der Waals surface area contributed by atoms with Gasteiger partial charge in [0.05, 0.1) is 7.11 Å². The van der Waals surface area contributed by atoms with Gasteiger partial charge in [0.2, 0.25) is 0 Å². The second kappa shape index (κ2) is 9.97. The van der Waals surface area contributed by atoms with Crippen molar-refractivity contribution in [3.05, 3.63) is 101 Å². The van der Waals surface area contributed by atoms with Gasteiger partial charge in [0, 0.05) is 17.8 Å². The van der Waals surface area contributed by atoms with Crippen LogP contribution in [0.3, 0.4) is 0 Å². The Labute approximate surface area is 178 Å². The first-order valence-corrected chi connectivity index (χ1v) is 9.99. The van der Waals surface area contributed by atoms with E-state index in [9.17, 15) is 4.39 Å². The van der Waals surface area contributed by atoms with Crippen LogP contribution >= 0.6 is 0 Å². The second-order valence-corrected chi connectivity index (χ2v) is 7.30. The molecular weight excluding hydrogens is 377 g/mol. The van der Waals surface area contributed by atoms with Crippen LogP contribution in [0.25, 0.3) is 0 Å². The quantitative estimate of drug-likeness (QED) is 0.420. The van der Waals surface area contributed by atoms with Crippen LogP contribution in [-0.2, 0) is 19.6 Å². The maximum Gasteiger partial charge on any atom is 0.165 e. The number of nitrogens with one attached hydrogen (secondary N) is 1. The normalized spacial score (nSPS) is 10.5. The van der Waals surface area contributed by atoms with E-state index in [-0.39, 0.29) is 5.82 Å². The summed E-state index contributed by atoms with van der Waals surface area (Å²) in [7, 11) is 1.64. The van der Waals surface area contributed by atoms with E-state index in [0.29, 0.717) is 31.1 Å². The topological polar surface area (TPSA) is 30.5 Å². The van der Waals surface area contributed by atoms with Crippen molar-refractivity contribution in [2.75, 3.05) is 12.4 Å². The predicted octanol–water partition coefficient (Wildman–Crippen LogP) is 6.37. The van der Waals surface area contributed by atoms with Gasteiger partial charge in [-0.2, -0.15) is 0 Å². The van der Waals surface area contributed by atoms with Crippen molar-refractivity contribution in [1.82, 2.24) is 0 Å². The van der Waals surface area contributed by atoms with Crippen LogP contribution in [0, 0.1) is 19.7 Å². The van der Waals surface area contributed by atoms with Gasteiger partial charge < -0.3 is 14.8 Å². The largest absolute Gasteiger partial charge is 0.493 e. The minimum absolute atomic E-state index is 0.260. The van der Waals surface area contributed by atoms with Gasteiger partial charge in [-0.15, -0.1) is 6.58 Å². The second-order valence-electron chi connectivity index (χ2n) is 7.30. The summed E-state index contributed by atoms with van der Waals surface area (Å²) >= 11 is 0. The van der Waals surface area contributed by atoms with Gasteiger partial charge in [-0.1, -0.05) is 30.3 Å². The minimum atomic E-state index is -0.260. The molecule has 30 heavy (non-hydrogen) atoms. The number of allylic oxidation sites excluding steroid dienone is 1. The monoisotopic (exact) mass is 405 g/mol. The highest BCUT2D eigenvalue weighted by atomic mass is 19.1. The van der Waals surface area contributed by atoms with Gasteiger partial charge in [-0.05, 0) is 72.9 Å². The Morgan fingerprint density at radius 3 is 2.50 bits per heavy atom. The van der Waals surface area contributed by atoms with Gasteiger partial charge in [-0.3, -0.25) is 0 Å². The number of halogens is 1. The third kappa shape index (κ3) is 5.20. The summed E-state index contributed by atoms with van der Waals surface area (Å²) in [6, 6.07) is 16.7. The fourth-order valence-electron chi connectivity index (χ4n) is 3.32. The summed E-state index contributed by atoms with van der Waals surface area (Å²) in [5, 5.41) is 3.52. The molecule has 0 aliphatic rings. The van der Waals surface area contributed by atoms with Crippen LogP contribution in [-0.4, -0.2) is 7.11 Å². The van der Waals surface area contributed by atoms with Crippen molar-refractivity contribution < 1.29 is 13.9 Å². The summed E-state index contributed by atoms with van der Waals surface area (Å²) in [6.45, 7) is 9.10. The van der Waals surface area contributed by atoms with Crippen LogP contribution in [0.2, 0.25) is 0 Å². The van der Waals surface area contributed by atoms with Crippen molar-refractivity contribution >= 4 is 5.69 Å². The van der Waals surface area contributed by atoms with Gasteiger partial charge in [0.15, 0.2) is 11.5 Å². The predicted molar refractivity (Wildman–Crippen MR) is 121 cm³/mol. The van der Waals surface area contributed by atoms with E-state index >= 15 is 0 Å². The van der Waals surface area contributed by atoms with Crippen molar-refractivity contribution in [2.45, 2.75) is 33.4 Å². The van der Waals surface area contributed by atoms with E-state index in [2.05, 4.69) is 50.0 Å². The lowest BCUT2D eigenvalue weighted by atomic mass is 10.0. The van der Waals surface area contributed by atoms with E-state index in [4.69, 9.17) is 9.47 Å². The molecule has 0 radical (unpaired) electrons. The summed E-state index contributed by atoms with van der Waals surface area (Å²) in [5.41, 5.74) is 6.62. The highest BCUT2D eigenvalue weighted by Gasteiger charge is 2.13. The minimum Gasteiger partial charge on any atom is -0.493 e. The Morgan fingerprint density at radius 1 is 1.03 bits per heavy atom. The maximum absolute atomic E-state index is 13.1. The first-order chi connectivity index (χ1) is 14.5. The van der Waals surface area contributed by atoms with Crippen molar-refractivity contribution in [3.63, 3.8) is 0 Å². The molecule has 0 unspecified atom stereocenters. The van der Waals surface area contributed by atoms with Crippen LogP contribution < -0.4 is 14.8 Å². The highest BCUT2D eigenvalue weighted by molar-refractivity contribution is 5.55. The molecule has 3 rings (SSSR count). The molecule has 1 N–H and O–H groups in total. The molecule has 0 heterocycles. The molecule has 3 aromatic rings. The van der Waals surface area contributed by atoms with Crippen LogP contribution in [0.1, 0.15) is 27.8 Å². The number of benzene rings is 3. The lowest BCUT2D eigenvalue weighted by Crippen LogP contribution is -2.06. The fourth-order valence-corrected chi connectivity index (χ4v) is 3.32. The van der Waals surface area contributed by atoms with Gasteiger partial charge in [0.1, 0.15) is 12.4 Å². The molecule has 3 aromatic carbocycles. The number of hydrogen-bond donors (Lipinski definition) is 1. The molecule has 0 aromatic heterocycles. The summed E-state index contributed by atoms with van der Waals surface area (Å²) < 4.78 is 24.8. The Morgan fingerprint density at radius 2 is 1.80 bits per heavy atom. The summed E-state index contributed by atoms with van der Waals surface area (Å²) in [5.74, 6) is 1.11. The number of anilines is 1. The van der Waals surface area contributed by atoms with Crippen molar-refractivity contribution in [3.8, 4) is 11.5 Å². The van der Waals surface area contributed by atoms with Crippen LogP contribution in [0.4, 0.5) is 10.1 Å². The fraction of sp³-hybridized carbons (Fsp3) is 0.231. The molecular formula is C26H28FNO2. The van der Waals surface area contributed by atoms with Gasteiger partial charge >= 0.3 is 0 Å². The lowest BCUT2D eigenvalue weighted by Gasteiger charge is -2.18. The first-order valence-electron chi connectivity index (χ1n) is 9.99. The zero-order valence-electron chi connectivity index (χ0n) is 17.8. The Kier molecular flexibility index (Phi) is 7.12. The molecule has 0 saturated carbocycles. The Bertz CT molecular complexity index is 1010. The standard InChI is InChI=1S/C26H28FNO2/c1-5-7-22-14-21(16-28-24-9-6-8-18(2)19(24)3)15-25(29-4)26(22)30-17-20-10-12-23(27)13-11-20/h5-6,8-15,28H,1,7,16-17H2,2-4H3. The highest BCUT2D eigenvalue weighted by Crippen LogP contribution is 2.34. The van der Waals surface area contributed by atoms with Crippen LogP contribution in [0.5, 0.6) is 11.5 Å². The number of rotatable bonds is 9. The van der Waals surface area contributed by atoms with Gasteiger partial charge in [0.25, 0.3) is 0 Å². The maximum atomic E-state index is 13.1. The molecule has 0 fully saturated rings. The summed E-state index contributed by atoms with van der Waals surface area (Å²) in [6.07, 6.45) is 2.51. The third-order valence-electron chi connectivity index (χ3n) is 5.16. The molecule has 0 bridgehead atoms. The number of aryl methyl sites for hydroxylation is 1. The van der Waals surface area contributed by atoms with Gasteiger partial charge in [-0.25, -0.2) is 4.39 Å². The van der Waals surface area contributed by atoms with Crippen molar-refractivity contribution in [2.24, 2.45) is 0 Å². The third-order valence-corrected chi connectivity index (χ3v) is 5.16. The molecule has 0 atom stereocenters. The number of methoxy groups -OCH3 is 1. The average molecular weight is 406 g/mol. The molecule has 0 aliphatic carbocycles. The SMILES string of the molecule is C=CCc1cc(CNc2cccc(C)c2C)cc(OC)c1OCc1ccc(F)cc1. The lowest BCUT2D eigenvalue weighted by molar-refractivity contribution is 0.281. The Balaban J connectivity index is 1.82. The van der Waals surface area contributed by atoms with E-state index in [1.54, 1.807) is 19.2 Å². The van der Waals surface area contributed by atoms with Crippen molar-refractivity contribution in [1.29, 1.82) is 0 Å². The summed E-state index contributed by atoms with van der Waals surface area (Å²) in [4.78, 5) is 0. The molecule has 0 saturated heterocycles. The zero-order valence-corrected chi connectivity index (χ0v) is 17.8. The molecule has 4 heteroatoms. The number of hydrogen-bond acceptors (Lipinski definition) is 3. The molecule has 0 aliphatic heterocycles. The van der Waals surface area contributed by atoms with E-state index in [1.165, 1.54) is 23.3 Å². The first kappa shape index (κ1) is 21.4. The van der Waals surface area contributed by atoms with Crippen LogP contribution in [0.15, 0.2) is 67.3 Å². The smallest absolute Gasteiger partial charge is 0.165 e. The Hall–Kier alpha value is -3.27. The zero-order chi connectivity index (χ0) is 21.5. The molecule has 0 amide bonds. The molecule has 156 valence electrons. The van der Waals surface area contributed by atoms with E-state index < -0.39 is 0 Å². The molecule has 3 nitrogen and oxygen atoms in total. The van der Waals surface area contributed by atoms with E-state index in [0.717, 1.165) is 22.4 Å². The molecule has 0 spiro atoms. The average Bonchev–Trinajstić information content (AvgIpc) is 2.75.